The number of carboxylic acids is 1. The number of carbonyl (C=O) groups is 4. The van der Waals surface area contributed by atoms with Gasteiger partial charge in [-0.15, -0.1) is 0 Å². The molecule has 38 heteroatoms. The Hall–Kier alpha value is -3.58. The van der Waals surface area contributed by atoms with Crippen LogP contribution in [0.3, 0.4) is 0 Å². The Morgan fingerprint density at radius 3 is 1.35 bits per heavy atom. The van der Waals surface area contributed by atoms with E-state index in [9.17, 15) is 116 Å². The Balaban J connectivity index is 1.17. The summed E-state index contributed by atoms with van der Waals surface area (Å²) in [5.74, 6) is -8.23. The topological polar surface area (TPSA) is 600 Å². The average Bonchev–Trinajstić information content (AvgIpc) is 0.741. The van der Waals surface area contributed by atoms with Crippen molar-refractivity contribution in [2.45, 2.75) is 429 Å². The third-order valence-corrected chi connectivity index (χ3v) is 22.7. The molecule has 6 aliphatic heterocycles. The predicted molar refractivity (Wildman–Crippen MR) is 410 cm³/mol. The molecule has 6 fully saturated rings. The van der Waals surface area contributed by atoms with Gasteiger partial charge in [-0.1, -0.05) is 180 Å². The molecule has 6 aliphatic rings. The highest BCUT2D eigenvalue weighted by molar-refractivity contribution is 5.78. The van der Waals surface area contributed by atoms with Crippen LogP contribution in [0.2, 0.25) is 0 Å². The molecule has 6 rings (SSSR count). The van der Waals surface area contributed by atoms with Crippen LogP contribution in [0.5, 0.6) is 0 Å². The number of carboxylic acid groups (broad SMARTS) is 1. The Labute approximate surface area is 684 Å². The second-order valence-corrected chi connectivity index (χ2v) is 32.1. The minimum Gasteiger partial charge on any atom is -0.477 e. The Morgan fingerprint density at radius 1 is 0.444 bits per heavy atom. The summed E-state index contributed by atoms with van der Waals surface area (Å²) in [6, 6.07) is -5.17. The number of carbonyl (C=O) groups excluding carboxylic acids is 3. The Kier molecular flexibility index (Phi) is 45.7. The monoisotopic (exact) mass is 1690 g/mol. The molecule has 6 heterocycles. The van der Waals surface area contributed by atoms with Gasteiger partial charge >= 0.3 is 5.97 Å². The summed E-state index contributed by atoms with van der Waals surface area (Å²) in [5.41, 5.74) is 0. The molecule has 0 aliphatic carbocycles. The molecule has 3 amide bonds. The molecule has 6 saturated heterocycles. The molecule has 38 nitrogen and oxygen atoms in total. The van der Waals surface area contributed by atoms with Gasteiger partial charge in [0.1, 0.15) is 140 Å². The lowest BCUT2D eigenvalue weighted by Gasteiger charge is -2.53. The number of aliphatic hydroxyl groups is 18. The molecule has 0 aromatic heterocycles. The van der Waals surface area contributed by atoms with E-state index in [1.54, 1.807) is 6.08 Å². The van der Waals surface area contributed by atoms with E-state index in [0.29, 0.717) is 12.8 Å². The normalized spacial score (nSPS) is 37.3. The highest BCUT2D eigenvalue weighted by Crippen LogP contribution is 2.41. The van der Waals surface area contributed by atoms with Crippen LogP contribution in [0, 0.1) is 0 Å². The molecule has 0 radical (unpaired) electrons. The largest absolute Gasteiger partial charge is 0.477 e. The minimum atomic E-state index is -3.64. The zero-order valence-electron chi connectivity index (χ0n) is 68.6. The van der Waals surface area contributed by atoms with E-state index in [4.69, 9.17) is 56.8 Å². The first kappa shape index (κ1) is 102. The molecule has 0 saturated carbocycles. The smallest absolute Gasteiger partial charge is 0.367 e. The molecule has 0 aromatic rings. The first-order valence-electron chi connectivity index (χ1n) is 42.4. The quantitative estimate of drug-likeness (QED) is 0.0227. The van der Waals surface area contributed by atoms with Gasteiger partial charge in [0.25, 0.3) is 5.79 Å². The highest BCUT2D eigenvalue weighted by Gasteiger charge is 2.66. The van der Waals surface area contributed by atoms with Gasteiger partial charge in [-0.25, -0.2) is 4.79 Å². The number of hydrogen-bond acceptors (Lipinski definition) is 34. The SMILES string of the molecule is CCCCCCCCCCCCC/C=C/C(O)C(CO[C@@H]1O[C@H](CO)[C@@H](O[C@@H]2O[C@H](CO)[C@H](O[C@@H]3O[C@H](CO)[C@@H](O[C@@H]4O[C@H](CO)[C@H](O)[C@H](O[C@@]5(C(=O)O)O[C@@H]([C@H](O)[C@@H](C)O)[C@@H](O)[C@H](NC(C)=O)[C@H]5O)[C@H]4O)[C@H](O[C@@H]4O[C@@H](C)[C@@H](O)[C@@H](O)[C@@H]4O)[C@H]3NC(C)=O)[C@H](O)[C@H]2O)[C@H](O)[C@H]1O)NC(=O)CCCCCCCCCCCCCCCCC. The van der Waals surface area contributed by atoms with Crippen molar-refractivity contribution < 1.29 is 173 Å². The van der Waals surface area contributed by atoms with Gasteiger partial charge in [0.05, 0.1) is 63.4 Å². The molecule has 22 N–H and O–H groups in total. The second kappa shape index (κ2) is 52.3. The molecular formula is C79H141N3O35. The van der Waals surface area contributed by atoms with E-state index >= 15 is 0 Å². The summed E-state index contributed by atoms with van der Waals surface area (Å²) in [6.07, 6.45) is -27.7. The van der Waals surface area contributed by atoms with Gasteiger partial charge in [-0.05, 0) is 33.1 Å². The summed E-state index contributed by atoms with van der Waals surface area (Å²) in [4.78, 5) is 52.8. The first-order chi connectivity index (χ1) is 55.9. The van der Waals surface area contributed by atoms with Crippen molar-refractivity contribution >= 4 is 23.7 Å². The van der Waals surface area contributed by atoms with E-state index in [1.165, 1.54) is 116 Å². The van der Waals surface area contributed by atoms with Crippen LogP contribution in [-0.4, -0.2) is 362 Å². The average molecular weight is 1690 g/mol. The number of hydrogen-bond donors (Lipinski definition) is 22. The number of allylic oxidation sites excluding steroid dienone is 1. The number of amides is 3. The molecule has 0 aromatic carbocycles. The van der Waals surface area contributed by atoms with Crippen molar-refractivity contribution in [2.24, 2.45) is 0 Å². The lowest BCUT2D eigenvalue weighted by Crippen LogP contribution is -2.76. The van der Waals surface area contributed by atoms with E-state index in [-0.39, 0.29) is 12.3 Å². The number of ether oxygens (including phenoxy) is 12. The number of rotatable bonds is 53. The maximum Gasteiger partial charge on any atom is 0.367 e. The fourth-order valence-electron chi connectivity index (χ4n) is 15.7. The van der Waals surface area contributed by atoms with Crippen LogP contribution >= 0.6 is 0 Å². The van der Waals surface area contributed by atoms with Crippen molar-refractivity contribution in [3.63, 3.8) is 0 Å². The standard InChI is InChI=1S/C79H141N3O35/c1-7-9-11-13-15-17-19-21-22-24-26-28-30-32-34-36-52(91)82-46(47(90)35-33-31-29-27-25-23-20-18-16-14-12-10-8-2)41-106-74-63(100)60(97)67(49(38-84)110-74)113-76-64(101)61(98)66(50(39-85)111-76)112-73-54(81-45(6)89)69(115-75-62(99)59(96)56(93)43(4)107-75)68(51(40-86)109-73)114-77-65(102)71(57(94)48(37-83)108-77)117-79(78(104)105)72(103)53(80-44(5)88)58(95)70(116-79)55(92)42(3)87/h33,35,42-43,46-51,53-77,83-87,90,92-103H,7-32,34,36-41H2,1-6H3,(H,80,88)(H,81,89)(H,82,91)(H,104,105)/b35-33+/t42-,43+,46?,47?,48-,49-,50-,51-,53+,54-,55-,56-,57+,58+,59-,60-,61-,62+,63-,64-,65-,66+,67-,68-,69-,70+,71+,72-,73+,74-,75+,76+,77+,79+/m1/s1. The van der Waals surface area contributed by atoms with Gasteiger partial charge in [0, 0.05) is 20.3 Å². The summed E-state index contributed by atoms with van der Waals surface area (Å²) >= 11 is 0. The highest BCUT2D eigenvalue weighted by atomic mass is 16.8. The summed E-state index contributed by atoms with van der Waals surface area (Å²) in [5, 5.41) is 222. The third-order valence-electron chi connectivity index (χ3n) is 22.7. The van der Waals surface area contributed by atoms with Crippen LogP contribution in [0.4, 0.5) is 0 Å². The van der Waals surface area contributed by atoms with Crippen LogP contribution in [0.15, 0.2) is 12.2 Å². The van der Waals surface area contributed by atoms with E-state index in [1.807, 2.05) is 6.08 Å². The second-order valence-electron chi connectivity index (χ2n) is 32.1. The van der Waals surface area contributed by atoms with Crippen LogP contribution < -0.4 is 16.0 Å². The van der Waals surface area contributed by atoms with Gasteiger partial charge in [0.2, 0.25) is 17.7 Å². The predicted octanol–water partition coefficient (Wildman–Crippen LogP) is -2.19. The van der Waals surface area contributed by atoms with E-state index in [0.717, 1.165) is 72.1 Å². The summed E-state index contributed by atoms with van der Waals surface area (Å²) in [6.45, 7) is 3.55. The minimum absolute atomic E-state index is 0.160. The molecule has 2 unspecified atom stereocenters. The molecule has 34 atom stereocenters. The fraction of sp³-hybridized carbons (Fsp3) is 0.924. The Morgan fingerprint density at radius 2 is 0.855 bits per heavy atom. The van der Waals surface area contributed by atoms with Gasteiger partial charge in [-0.3, -0.25) is 14.4 Å². The van der Waals surface area contributed by atoms with E-state index < -0.39 is 259 Å². The van der Waals surface area contributed by atoms with Crippen LogP contribution in [-0.2, 0) is 76.0 Å². The molecule has 0 spiro atoms. The molecular weight excluding hydrogens is 1550 g/mol. The summed E-state index contributed by atoms with van der Waals surface area (Å²) in [7, 11) is 0. The van der Waals surface area contributed by atoms with Gasteiger partial charge in [0.15, 0.2) is 31.5 Å². The Bertz CT molecular complexity index is 2830. The van der Waals surface area contributed by atoms with Crippen molar-refractivity contribution in [1.29, 1.82) is 0 Å². The van der Waals surface area contributed by atoms with Crippen molar-refractivity contribution in [1.82, 2.24) is 16.0 Å². The lowest BCUT2D eigenvalue weighted by atomic mass is 9.86. The van der Waals surface area contributed by atoms with Crippen molar-refractivity contribution in [2.75, 3.05) is 33.0 Å². The fourth-order valence-corrected chi connectivity index (χ4v) is 15.7. The zero-order valence-corrected chi connectivity index (χ0v) is 68.6. The number of aliphatic hydroxyl groups excluding tert-OH is 18. The molecule has 0 bridgehead atoms. The maximum atomic E-state index is 13.6. The number of unbranched alkanes of at least 4 members (excludes halogenated alkanes) is 25. The lowest BCUT2D eigenvalue weighted by molar-refractivity contribution is -0.406. The van der Waals surface area contributed by atoms with Crippen LogP contribution in [0.1, 0.15) is 221 Å². The van der Waals surface area contributed by atoms with Gasteiger partial charge < -0.3 is 170 Å². The molecule has 117 heavy (non-hydrogen) atoms. The first-order valence-corrected chi connectivity index (χ1v) is 42.4. The third kappa shape index (κ3) is 29.5. The van der Waals surface area contributed by atoms with Crippen molar-refractivity contribution in [3.05, 3.63) is 12.2 Å². The number of nitrogens with one attached hydrogen (secondary N) is 3. The summed E-state index contributed by atoms with van der Waals surface area (Å²) < 4.78 is 71.7. The van der Waals surface area contributed by atoms with Crippen molar-refractivity contribution in [3.8, 4) is 0 Å². The zero-order chi connectivity index (χ0) is 86.2. The number of aliphatic carboxylic acids is 1. The molecule has 682 valence electrons. The van der Waals surface area contributed by atoms with Gasteiger partial charge in [-0.2, -0.15) is 0 Å². The van der Waals surface area contributed by atoms with E-state index in [2.05, 4.69) is 29.8 Å². The maximum absolute atomic E-state index is 13.6. The van der Waals surface area contributed by atoms with Crippen LogP contribution in [0.25, 0.3) is 0 Å².